The van der Waals surface area contributed by atoms with Gasteiger partial charge in [-0.25, -0.2) is 0 Å². The Bertz CT molecular complexity index is 1170. The molecule has 3 aliphatic rings. The molecule has 39 heavy (non-hydrogen) atoms. The first-order chi connectivity index (χ1) is 18.8. The third-order valence-corrected chi connectivity index (χ3v) is 8.75. The van der Waals surface area contributed by atoms with Gasteiger partial charge in [0.15, 0.2) is 0 Å². The molecule has 1 spiro atoms. The molecule has 0 atom stereocenters. The van der Waals surface area contributed by atoms with Crippen LogP contribution < -0.4 is 9.64 Å². The van der Waals surface area contributed by atoms with Crippen molar-refractivity contribution in [3.63, 3.8) is 0 Å². The number of hydrogen-bond acceptors (Lipinski definition) is 6. The molecule has 5 rings (SSSR count). The molecule has 9 heteroatoms. The number of carbonyl (C=O) groups excluding carboxylic acids is 3. The first kappa shape index (κ1) is 27.0. The zero-order valence-electron chi connectivity index (χ0n) is 23.2. The number of amides is 3. The monoisotopic (exact) mass is 533 g/mol. The average Bonchev–Trinajstić information content (AvgIpc) is 3.23. The molecule has 9 nitrogen and oxygen atoms in total. The van der Waals surface area contributed by atoms with Crippen molar-refractivity contribution in [3.05, 3.63) is 60.2 Å². The topological polar surface area (TPSA) is 76.6 Å². The van der Waals surface area contributed by atoms with Crippen LogP contribution in [-0.2, 0) is 9.59 Å². The third kappa shape index (κ3) is 5.32. The number of anilines is 1. The van der Waals surface area contributed by atoms with Gasteiger partial charge in [0.25, 0.3) is 11.8 Å². The number of carbonyl (C=O) groups is 3. The lowest BCUT2D eigenvalue weighted by Crippen LogP contribution is -2.57. The molecule has 0 aliphatic carbocycles. The molecule has 0 bridgehead atoms. The van der Waals surface area contributed by atoms with E-state index < -0.39 is 5.54 Å². The van der Waals surface area contributed by atoms with Gasteiger partial charge >= 0.3 is 0 Å². The van der Waals surface area contributed by atoms with Crippen molar-refractivity contribution < 1.29 is 19.1 Å². The van der Waals surface area contributed by atoms with E-state index in [1.165, 1.54) is 0 Å². The van der Waals surface area contributed by atoms with Crippen LogP contribution in [-0.4, -0.2) is 109 Å². The summed E-state index contributed by atoms with van der Waals surface area (Å²) in [4.78, 5) is 50.4. The molecule has 2 aromatic rings. The molecule has 0 unspecified atom stereocenters. The zero-order chi connectivity index (χ0) is 27.6. The van der Waals surface area contributed by atoms with Crippen molar-refractivity contribution in [2.45, 2.75) is 37.3 Å². The summed E-state index contributed by atoms with van der Waals surface area (Å²) in [7, 11) is 5.57. The molecule has 0 N–H and O–H groups in total. The third-order valence-electron chi connectivity index (χ3n) is 8.75. The normalized spacial score (nSPS) is 20.0. The number of hydrogen-bond donors (Lipinski definition) is 0. The molecule has 3 aliphatic heterocycles. The van der Waals surface area contributed by atoms with E-state index in [4.69, 9.17) is 4.74 Å². The maximum absolute atomic E-state index is 14.0. The van der Waals surface area contributed by atoms with Crippen molar-refractivity contribution in [1.82, 2.24) is 19.6 Å². The molecule has 0 radical (unpaired) electrons. The summed E-state index contributed by atoms with van der Waals surface area (Å²) in [6, 6.07) is 17.3. The average molecular weight is 534 g/mol. The quantitative estimate of drug-likeness (QED) is 0.568. The van der Waals surface area contributed by atoms with Crippen LogP contribution in [0.5, 0.6) is 5.75 Å². The molecular weight excluding hydrogens is 494 g/mol. The lowest BCUT2D eigenvalue weighted by atomic mass is 9.85. The van der Waals surface area contributed by atoms with E-state index >= 15 is 0 Å². The second-order valence-corrected chi connectivity index (χ2v) is 11.0. The van der Waals surface area contributed by atoms with Crippen LogP contribution in [0.2, 0.25) is 0 Å². The van der Waals surface area contributed by atoms with Crippen LogP contribution in [0.4, 0.5) is 5.69 Å². The maximum Gasteiger partial charge on any atom is 0.253 e. The van der Waals surface area contributed by atoms with Gasteiger partial charge in [0.2, 0.25) is 5.91 Å². The molecular formula is C30H39N5O4. The Labute approximate surface area is 230 Å². The summed E-state index contributed by atoms with van der Waals surface area (Å²) in [5.41, 5.74) is 0.790. The number of nitrogens with zero attached hydrogens (tertiary/aromatic N) is 5. The van der Waals surface area contributed by atoms with E-state index in [2.05, 4.69) is 16.8 Å². The minimum absolute atomic E-state index is 0.0184. The van der Waals surface area contributed by atoms with Crippen LogP contribution in [0.1, 0.15) is 36.0 Å². The van der Waals surface area contributed by atoms with Gasteiger partial charge in [0.05, 0.1) is 13.8 Å². The molecule has 3 fully saturated rings. The summed E-state index contributed by atoms with van der Waals surface area (Å²) in [6.07, 6.45) is 2.92. The Morgan fingerprint density at radius 2 is 1.62 bits per heavy atom. The minimum Gasteiger partial charge on any atom is -0.497 e. The second-order valence-electron chi connectivity index (χ2n) is 11.0. The number of methoxy groups -OCH3 is 1. The van der Waals surface area contributed by atoms with E-state index in [9.17, 15) is 14.4 Å². The van der Waals surface area contributed by atoms with Gasteiger partial charge in [0, 0.05) is 37.4 Å². The fourth-order valence-corrected chi connectivity index (χ4v) is 6.18. The van der Waals surface area contributed by atoms with Crippen molar-refractivity contribution >= 4 is 23.4 Å². The lowest BCUT2D eigenvalue weighted by molar-refractivity contribution is -0.141. The van der Waals surface area contributed by atoms with Gasteiger partial charge in [-0.2, -0.15) is 0 Å². The van der Waals surface area contributed by atoms with Crippen LogP contribution in [0.3, 0.4) is 0 Å². The van der Waals surface area contributed by atoms with Crippen LogP contribution in [0.25, 0.3) is 0 Å². The standard InChI is InChI=1S/C30H39N5O4/c1-31-17-13-24(14-18-31)32(2)27(36)21-34-22-35(25-7-5-4-6-8-25)30(29(34)38)15-19-33(20-16-30)28(37)23-9-11-26(39-3)12-10-23/h4-12,24H,13-22H2,1-3H3. The highest BCUT2D eigenvalue weighted by molar-refractivity contribution is 5.97. The summed E-state index contributed by atoms with van der Waals surface area (Å²) >= 11 is 0. The van der Waals surface area contributed by atoms with Crippen molar-refractivity contribution in [2.24, 2.45) is 0 Å². The van der Waals surface area contributed by atoms with E-state index in [-0.39, 0.29) is 30.3 Å². The second kappa shape index (κ2) is 11.3. The number of ether oxygens (including phenoxy) is 1. The molecule has 0 aromatic heterocycles. The van der Waals surface area contributed by atoms with Crippen LogP contribution in [0, 0.1) is 0 Å². The van der Waals surface area contributed by atoms with E-state index in [1.807, 2.05) is 47.2 Å². The first-order valence-electron chi connectivity index (χ1n) is 13.8. The number of piperidine rings is 2. The largest absolute Gasteiger partial charge is 0.497 e. The van der Waals surface area contributed by atoms with E-state index in [0.29, 0.717) is 43.9 Å². The number of para-hydroxylation sites is 1. The lowest BCUT2D eigenvalue weighted by Gasteiger charge is -2.43. The zero-order valence-corrected chi connectivity index (χ0v) is 23.2. The predicted molar refractivity (Wildman–Crippen MR) is 150 cm³/mol. The van der Waals surface area contributed by atoms with Gasteiger partial charge < -0.3 is 29.2 Å². The SMILES string of the molecule is COc1ccc(C(=O)N2CCC3(CC2)C(=O)N(CC(=O)N(C)C2CCN(C)CC2)CN3c2ccccc2)cc1. The Hall–Kier alpha value is -3.59. The molecule has 3 amide bonds. The van der Waals surface area contributed by atoms with E-state index in [1.54, 1.807) is 36.3 Å². The summed E-state index contributed by atoms with van der Waals surface area (Å²) < 4.78 is 5.21. The highest BCUT2D eigenvalue weighted by Gasteiger charge is 2.54. The summed E-state index contributed by atoms with van der Waals surface area (Å²) in [5, 5.41) is 0. The first-order valence-corrected chi connectivity index (χ1v) is 13.8. The van der Waals surface area contributed by atoms with Crippen LogP contribution in [0.15, 0.2) is 54.6 Å². The van der Waals surface area contributed by atoms with Gasteiger partial charge in [0.1, 0.15) is 17.8 Å². The van der Waals surface area contributed by atoms with Gasteiger partial charge in [-0.05, 0) is 82.2 Å². The Morgan fingerprint density at radius 3 is 2.23 bits per heavy atom. The Balaban J connectivity index is 1.31. The number of likely N-dealkylation sites (tertiary alicyclic amines) is 2. The fourth-order valence-electron chi connectivity index (χ4n) is 6.18. The maximum atomic E-state index is 14.0. The Morgan fingerprint density at radius 1 is 0.974 bits per heavy atom. The molecule has 208 valence electrons. The van der Waals surface area contributed by atoms with Crippen LogP contribution >= 0.6 is 0 Å². The van der Waals surface area contributed by atoms with E-state index in [0.717, 1.165) is 31.6 Å². The number of benzene rings is 2. The molecule has 2 aromatic carbocycles. The summed E-state index contributed by atoms with van der Waals surface area (Å²) in [5.74, 6) is 0.620. The van der Waals surface area contributed by atoms with Gasteiger partial charge in [-0.1, -0.05) is 18.2 Å². The number of rotatable bonds is 6. The minimum atomic E-state index is -0.773. The van der Waals surface area contributed by atoms with Crippen molar-refractivity contribution in [1.29, 1.82) is 0 Å². The molecule has 3 saturated heterocycles. The van der Waals surface area contributed by atoms with Gasteiger partial charge in [-0.3, -0.25) is 14.4 Å². The smallest absolute Gasteiger partial charge is 0.253 e. The fraction of sp³-hybridized carbons (Fsp3) is 0.500. The summed E-state index contributed by atoms with van der Waals surface area (Å²) in [6.45, 7) is 3.32. The molecule has 3 heterocycles. The number of likely N-dealkylation sites (N-methyl/N-ethyl adjacent to an activating group) is 1. The van der Waals surface area contributed by atoms with Gasteiger partial charge in [-0.15, -0.1) is 0 Å². The Kier molecular flexibility index (Phi) is 7.79. The highest BCUT2D eigenvalue weighted by Crippen LogP contribution is 2.39. The predicted octanol–water partition coefficient (Wildman–Crippen LogP) is 2.53. The van der Waals surface area contributed by atoms with Crippen molar-refractivity contribution in [2.75, 3.05) is 65.5 Å². The van der Waals surface area contributed by atoms with Crippen molar-refractivity contribution in [3.8, 4) is 5.75 Å². The highest BCUT2D eigenvalue weighted by atomic mass is 16.5. The molecule has 0 saturated carbocycles.